The van der Waals surface area contributed by atoms with Gasteiger partial charge in [-0.05, 0) is 55.0 Å². The van der Waals surface area contributed by atoms with Crippen molar-refractivity contribution in [1.29, 1.82) is 0 Å². The van der Waals surface area contributed by atoms with Gasteiger partial charge in [-0.25, -0.2) is 8.42 Å². The minimum atomic E-state index is -4.57. The van der Waals surface area contributed by atoms with Crippen molar-refractivity contribution < 1.29 is 21.6 Å². The monoisotopic (exact) mass is 381 g/mol. The normalized spacial score (nSPS) is 20.4. The van der Waals surface area contributed by atoms with Gasteiger partial charge in [0.2, 0.25) is 10.0 Å². The molecule has 0 saturated heterocycles. The van der Waals surface area contributed by atoms with Gasteiger partial charge in [-0.3, -0.25) is 0 Å². The lowest BCUT2D eigenvalue weighted by Gasteiger charge is -2.29. The first kappa shape index (κ1) is 17.5. The highest BCUT2D eigenvalue weighted by Crippen LogP contribution is 2.45. The fraction of sp³-hybridized carbons (Fsp3) is 0.368. The van der Waals surface area contributed by atoms with Crippen molar-refractivity contribution >= 4 is 10.0 Å². The maximum absolute atomic E-state index is 13.2. The Bertz CT molecular complexity index is 936. The van der Waals surface area contributed by atoms with Gasteiger partial charge in [-0.1, -0.05) is 30.3 Å². The van der Waals surface area contributed by atoms with Crippen molar-refractivity contribution in [2.24, 2.45) is 0 Å². The average Bonchev–Trinajstić information content (AvgIpc) is 3.34. The Balaban J connectivity index is 1.76. The molecule has 138 valence electrons. The fourth-order valence-electron chi connectivity index (χ4n) is 3.70. The van der Waals surface area contributed by atoms with E-state index in [2.05, 4.69) is 0 Å². The molecule has 0 N–H and O–H groups in total. The Morgan fingerprint density at radius 2 is 1.69 bits per heavy atom. The van der Waals surface area contributed by atoms with Crippen molar-refractivity contribution in [3.8, 4) is 0 Å². The van der Waals surface area contributed by atoms with Crippen molar-refractivity contribution in [2.75, 3.05) is 0 Å². The summed E-state index contributed by atoms with van der Waals surface area (Å²) in [6.07, 6.45) is -1.64. The predicted octanol–water partition coefficient (Wildman–Crippen LogP) is 4.55. The van der Waals surface area contributed by atoms with E-state index in [-0.39, 0.29) is 17.0 Å². The lowest BCUT2D eigenvalue weighted by atomic mass is 10.1. The molecule has 26 heavy (non-hydrogen) atoms. The Morgan fingerprint density at radius 3 is 2.38 bits per heavy atom. The molecule has 2 aromatic carbocycles. The van der Waals surface area contributed by atoms with Crippen LogP contribution >= 0.6 is 0 Å². The van der Waals surface area contributed by atoms with Gasteiger partial charge in [0, 0.05) is 6.04 Å². The van der Waals surface area contributed by atoms with Crippen LogP contribution in [-0.4, -0.2) is 18.8 Å². The van der Waals surface area contributed by atoms with E-state index in [1.54, 1.807) is 0 Å². The molecular formula is C19H18F3NO2S. The van der Waals surface area contributed by atoms with Crippen LogP contribution in [-0.2, 0) is 22.6 Å². The van der Waals surface area contributed by atoms with Crippen LogP contribution in [0.4, 0.5) is 13.2 Å². The van der Waals surface area contributed by atoms with E-state index in [0.29, 0.717) is 6.42 Å². The zero-order valence-corrected chi connectivity index (χ0v) is 14.7. The molecule has 0 heterocycles. The van der Waals surface area contributed by atoms with Gasteiger partial charge in [0.05, 0.1) is 16.5 Å². The minimum absolute atomic E-state index is 0.134. The third-order valence-electron chi connectivity index (χ3n) is 5.05. The third kappa shape index (κ3) is 3.03. The van der Waals surface area contributed by atoms with Crippen LogP contribution in [0.15, 0.2) is 53.4 Å². The molecule has 2 aromatic rings. The molecule has 0 aromatic heterocycles. The quantitative estimate of drug-likeness (QED) is 0.779. The SMILES string of the molecule is O=S(=O)(c1cccc(C(F)(F)F)c1)N(C1CC1)C1CCc2ccccc21. The highest BCUT2D eigenvalue weighted by molar-refractivity contribution is 7.89. The number of sulfonamides is 1. The number of aryl methyl sites for hydroxylation is 1. The van der Waals surface area contributed by atoms with Crippen molar-refractivity contribution in [2.45, 2.75) is 48.8 Å². The second-order valence-corrected chi connectivity index (χ2v) is 8.69. The number of alkyl halides is 3. The topological polar surface area (TPSA) is 37.4 Å². The smallest absolute Gasteiger partial charge is 0.207 e. The summed E-state index contributed by atoms with van der Waals surface area (Å²) in [5, 5.41) is 0. The van der Waals surface area contributed by atoms with E-state index in [1.807, 2.05) is 24.3 Å². The number of nitrogens with zero attached hydrogens (tertiary/aromatic N) is 1. The Morgan fingerprint density at radius 1 is 0.962 bits per heavy atom. The number of halogens is 3. The summed E-state index contributed by atoms with van der Waals surface area (Å²) in [7, 11) is -4.01. The first-order valence-corrected chi connectivity index (χ1v) is 10.0. The van der Waals surface area contributed by atoms with Gasteiger partial charge in [-0.2, -0.15) is 17.5 Å². The lowest BCUT2D eigenvalue weighted by Crippen LogP contribution is -2.36. The number of benzene rings is 2. The number of fused-ring (bicyclic) bond motifs is 1. The van der Waals surface area contributed by atoms with Gasteiger partial charge in [0.1, 0.15) is 0 Å². The van der Waals surface area contributed by atoms with E-state index in [1.165, 1.54) is 10.4 Å². The average molecular weight is 381 g/mol. The third-order valence-corrected chi connectivity index (χ3v) is 7.01. The molecule has 0 aliphatic heterocycles. The molecule has 3 nitrogen and oxygen atoms in total. The molecular weight excluding hydrogens is 363 g/mol. The zero-order chi connectivity index (χ0) is 18.5. The number of rotatable bonds is 4. The molecule has 0 amide bonds. The first-order chi connectivity index (χ1) is 12.3. The zero-order valence-electron chi connectivity index (χ0n) is 13.9. The summed E-state index contributed by atoms with van der Waals surface area (Å²) in [6, 6.07) is 11.3. The Hall–Kier alpha value is -1.86. The van der Waals surface area contributed by atoms with Crippen LogP contribution in [0.25, 0.3) is 0 Å². The molecule has 1 saturated carbocycles. The Kier molecular flexibility index (Phi) is 4.11. The molecule has 1 atom stereocenters. The molecule has 2 aliphatic carbocycles. The molecule has 0 bridgehead atoms. The van der Waals surface area contributed by atoms with E-state index in [9.17, 15) is 21.6 Å². The highest BCUT2D eigenvalue weighted by atomic mass is 32.2. The molecule has 0 radical (unpaired) electrons. The standard InChI is InChI=1S/C19H18F3NO2S/c20-19(21,22)14-5-3-6-16(12-14)26(24,25)23(15-9-10-15)18-11-8-13-4-1-2-7-17(13)18/h1-7,12,15,18H,8-11H2. The summed E-state index contributed by atoms with van der Waals surface area (Å²) in [5.41, 5.74) is 1.14. The molecule has 1 unspecified atom stereocenters. The van der Waals surface area contributed by atoms with Crippen LogP contribution < -0.4 is 0 Å². The fourth-order valence-corrected chi connectivity index (χ4v) is 5.63. The van der Waals surface area contributed by atoms with Crippen LogP contribution in [0.3, 0.4) is 0 Å². The van der Waals surface area contributed by atoms with E-state index >= 15 is 0 Å². The lowest BCUT2D eigenvalue weighted by molar-refractivity contribution is -0.137. The molecule has 7 heteroatoms. The van der Waals surface area contributed by atoms with Crippen molar-refractivity contribution in [1.82, 2.24) is 4.31 Å². The van der Waals surface area contributed by atoms with Crippen LogP contribution in [0.5, 0.6) is 0 Å². The van der Waals surface area contributed by atoms with Gasteiger partial charge in [0.25, 0.3) is 0 Å². The predicted molar refractivity (Wildman–Crippen MR) is 91.0 cm³/mol. The Labute approximate surface area is 150 Å². The van der Waals surface area contributed by atoms with Crippen molar-refractivity contribution in [3.05, 3.63) is 65.2 Å². The van der Waals surface area contributed by atoms with E-state index in [4.69, 9.17) is 0 Å². The van der Waals surface area contributed by atoms with Gasteiger partial charge in [-0.15, -0.1) is 0 Å². The summed E-state index contributed by atoms with van der Waals surface area (Å²) < 4.78 is 67.0. The van der Waals surface area contributed by atoms with E-state index < -0.39 is 21.8 Å². The number of hydrogen-bond donors (Lipinski definition) is 0. The summed E-state index contributed by atoms with van der Waals surface area (Å²) in [5.74, 6) is 0. The van der Waals surface area contributed by atoms with Crippen LogP contribution in [0.2, 0.25) is 0 Å². The first-order valence-electron chi connectivity index (χ1n) is 8.57. The second-order valence-electron chi connectivity index (χ2n) is 6.85. The van der Waals surface area contributed by atoms with Gasteiger partial charge >= 0.3 is 6.18 Å². The second kappa shape index (κ2) is 6.09. The van der Waals surface area contributed by atoms with Gasteiger partial charge in [0.15, 0.2) is 0 Å². The van der Waals surface area contributed by atoms with Crippen LogP contribution in [0.1, 0.15) is 42.0 Å². The minimum Gasteiger partial charge on any atom is -0.207 e. The molecule has 1 fully saturated rings. The molecule has 0 spiro atoms. The summed E-state index contributed by atoms with van der Waals surface area (Å²) >= 11 is 0. The molecule has 2 aliphatic rings. The maximum Gasteiger partial charge on any atom is 0.416 e. The summed E-state index contributed by atoms with van der Waals surface area (Å²) in [4.78, 5) is -0.288. The summed E-state index contributed by atoms with van der Waals surface area (Å²) in [6.45, 7) is 0. The van der Waals surface area contributed by atoms with Crippen LogP contribution in [0, 0.1) is 0 Å². The van der Waals surface area contributed by atoms with Crippen molar-refractivity contribution in [3.63, 3.8) is 0 Å². The highest BCUT2D eigenvalue weighted by Gasteiger charge is 2.45. The molecule has 4 rings (SSSR count). The maximum atomic E-state index is 13.2. The largest absolute Gasteiger partial charge is 0.416 e. The van der Waals surface area contributed by atoms with E-state index in [0.717, 1.165) is 48.6 Å². The number of hydrogen-bond acceptors (Lipinski definition) is 2. The van der Waals surface area contributed by atoms with Gasteiger partial charge < -0.3 is 0 Å².